The minimum absolute atomic E-state index is 0.0482. The van der Waals surface area contributed by atoms with Crippen LogP contribution in [-0.4, -0.2) is 72.3 Å². The molecule has 0 radical (unpaired) electrons. The maximum atomic E-state index is 13.9. The van der Waals surface area contributed by atoms with Crippen molar-refractivity contribution in [1.82, 2.24) is 9.80 Å². The Morgan fingerprint density at radius 3 is 2.90 bits per heavy atom. The highest BCUT2D eigenvalue weighted by molar-refractivity contribution is 8.03. The second-order valence-electron chi connectivity index (χ2n) is 7.36. The molecule has 1 saturated heterocycles. The van der Waals surface area contributed by atoms with Crippen molar-refractivity contribution >= 4 is 17.7 Å². The molecule has 164 valence electrons. The SMILES string of the molecule is CCSC1=C(C(=O)O)C(C)=CC(N2CCOC[C@H]2COC)N1Cc1cccc(F)c1. The molecule has 0 bridgehead atoms. The molecule has 1 aromatic carbocycles. The van der Waals surface area contributed by atoms with E-state index in [4.69, 9.17) is 9.47 Å². The second kappa shape index (κ2) is 10.4. The summed E-state index contributed by atoms with van der Waals surface area (Å²) < 4.78 is 24.9. The minimum atomic E-state index is -0.946. The van der Waals surface area contributed by atoms with E-state index in [2.05, 4.69) is 9.80 Å². The molecule has 0 aliphatic carbocycles. The van der Waals surface area contributed by atoms with Gasteiger partial charge in [-0.2, -0.15) is 0 Å². The summed E-state index contributed by atoms with van der Waals surface area (Å²) in [6.07, 6.45) is 1.82. The fourth-order valence-electron chi connectivity index (χ4n) is 4.01. The van der Waals surface area contributed by atoms with Gasteiger partial charge in [0.25, 0.3) is 0 Å². The van der Waals surface area contributed by atoms with E-state index in [0.29, 0.717) is 43.5 Å². The van der Waals surface area contributed by atoms with Gasteiger partial charge in [-0.05, 0) is 42.0 Å². The highest BCUT2D eigenvalue weighted by Gasteiger charge is 2.38. The maximum absolute atomic E-state index is 13.9. The molecule has 0 aromatic heterocycles. The summed E-state index contributed by atoms with van der Waals surface area (Å²) in [5.74, 6) is -0.516. The van der Waals surface area contributed by atoms with E-state index in [1.165, 1.54) is 23.9 Å². The van der Waals surface area contributed by atoms with E-state index in [9.17, 15) is 14.3 Å². The highest BCUT2D eigenvalue weighted by atomic mass is 32.2. The average Bonchev–Trinajstić information content (AvgIpc) is 2.70. The first kappa shape index (κ1) is 22.8. The van der Waals surface area contributed by atoms with Gasteiger partial charge in [0.05, 0.1) is 36.5 Å². The molecule has 2 heterocycles. The smallest absolute Gasteiger partial charge is 0.338 e. The molecule has 6 nitrogen and oxygen atoms in total. The van der Waals surface area contributed by atoms with E-state index in [1.54, 1.807) is 13.2 Å². The van der Waals surface area contributed by atoms with Gasteiger partial charge in [-0.3, -0.25) is 4.90 Å². The predicted molar refractivity (Wildman–Crippen MR) is 115 cm³/mol. The van der Waals surface area contributed by atoms with Crippen molar-refractivity contribution in [2.45, 2.75) is 32.6 Å². The average molecular weight is 437 g/mol. The second-order valence-corrected chi connectivity index (χ2v) is 8.61. The number of benzene rings is 1. The maximum Gasteiger partial charge on any atom is 0.338 e. The molecule has 8 heteroatoms. The molecule has 2 atom stereocenters. The number of hydrogen-bond donors (Lipinski definition) is 1. The number of aliphatic carboxylic acids is 1. The van der Waals surface area contributed by atoms with Gasteiger partial charge in [0, 0.05) is 20.2 Å². The molecular weight excluding hydrogens is 407 g/mol. The predicted octanol–water partition coefficient (Wildman–Crippen LogP) is 3.31. The van der Waals surface area contributed by atoms with Crippen LogP contribution in [0.25, 0.3) is 0 Å². The Kier molecular flexibility index (Phi) is 7.93. The fraction of sp³-hybridized carbons (Fsp3) is 0.500. The molecule has 0 saturated carbocycles. The number of hydrogen-bond acceptors (Lipinski definition) is 6. The van der Waals surface area contributed by atoms with E-state index >= 15 is 0 Å². The van der Waals surface area contributed by atoms with Gasteiger partial charge < -0.3 is 19.5 Å². The van der Waals surface area contributed by atoms with Gasteiger partial charge in [-0.15, -0.1) is 11.8 Å². The lowest BCUT2D eigenvalue weighted by Crippen LogP contribution is -2.58. The summed E-state index contributed by atoms with van der Waals surface area (Å²) >= 11 is 1.51. The summed E-state index contributed by atoms with van der Waals surface area (Å²) in [6, 6.07) is 6.51. The topological polar surface area (TPSA) is 62.2 Å². The van der Waals surface area contributed by atoms with Crippen molar-refractivity contribution in [2.75, 3.05) is 39.2 Å². The lowest BCUT2D eigenvalue weighted by Gasteiger charge is -2.47. The summed E-state index contributed by atoms with van der Waals surface area (Å²) in [7, 11) is 1.67. The summed E-state index contributed by atoms with van der Waals surface area (Å²) in [4.78, 5) is 16.5. The Labute approximate surface area is 181 Å². The van der Waals surface area contributed by atoms with Crippen LogP contribution in [0.1, 0.15) is 19.4 Å². The first-order chi connectivity index (χ1) is 14.5. The lowest BCUT2D eigenvalue weighted by atomic mass is 10.0. The van der Waals surface area contributed by atoms with Gasteiger partial charge in [-0.1, -0.05) is 19.1 Å². The third-order valence-electron chi connectivity index (χ3n) is 5.30. The lowest BCUT2D eigenvalue weighted by molar-refractivity contribution is -0.132. The van der Waals surface area contributed by atoms with Crippen molar-refractivity contribution in [3.05, 3.63) is 57.9 Å². The van der Waals surface area contributed by atoms with Crippen LogP contribution in [0.3, 0.4) is 0 Å². The Bertz CT molecular complexity index is 827. The van der Waals surface area contributed by atoms with Gasteiger partial charge in [0.1, 0.15) is 12.0 Å². The molecular formula is C22H29FN2O4S. The van der Waals surface area contributed by atoms with Crippen LogP contribution >= 0.6 is 11.8 Å². The van der Waals surface area contributed by atoms with Crippen molar-refractivity contribution in [2.24, 2.45) is 0 Å². The molecule has 2 aliphatic rings. The quantitative estimate of drug-likeness (QED) is 0.671. The standard InChI is InChI=1S/C22H29FN2O4S/c1-4-30-21-20(22(26)27)15(2)10-19(24-8-9-29-14-18(24)13-28-3)25(21)12-16-6-5-7-17(23)11-16/h5-7,10-11,18-19H,4,8-9,12-14H2,1-3H3,(H,26,27)/t18-,19?/m1/s1. The number of rotatable bonds is 8. The van der Waals surface area contributed by atoms with Crippen molar-refractivity contribution in [3.8, 4) is 0 Å². The van der Waals surface area contributed by atoms with Crippen molar-refractivity contribution in [3.63, 3.8) is 0 Å². The van der Waals surface area contributed by atoms with Crippen molar-refractivity contribution in [1.29, 1.82) is 0 Å². The molecule has 1 fully saturated rings. The highest BCUT2D eigenvalue weighted by Crippen LogP contribution is 2.37. The zero-order valence-corrected chi connectivity index (χ0v) is 18.5. The molecule has 3 rings (SSSR count). The van der Waals surface area contributed by atoms with Gasteiger partial charge in [-0.25, -0.2) is 9.18 Å². The molecule has 1 aromatic rings. The van der Waals surface area contributed by atoms with E-state index in [0.717, 1.165) is 16.9 Å². The zero-order chi connectivity index (χ0) is 21.7. The van der Waals surface area contributed by atoms with Crippen LogP contribution < -0.4 is 0 Å². The molecule has 0 spiro atoms. The first-order valence-corrected chi connectivity index (χ1v) is 11.1. The largest absolute Gasteiger partial charge is 0.478 e. The number of carbonyl (C=O) groups is 1. The van der Waals surface area contributed by atoms with Crippen LogP contribution in [0.15, 0.2) is 46.5 Å². The number of ether oxygens (including phenoxy) is 2. The van der Waals surface area contributed by atoms with Gasteiger partial charge >= 0.3 is 5.97 Å². The Hall–Kier alpha value is -1.87. The fourth-order valence-corrected chi connectivity index (χ4v) is 5.01. The monoisotopic (exact) mass is 436 g/mol. The number of halogens is 1. The van der Waals surface area contributed by atoms with Crippen LogP contribution in [0, 0.1) is 5.82 Å². The number of nitrogens with zero attached hydrogens (tertiary/aromatic N) is 2. The number of thioether (sulfide) groups is 1. The third kappa shape index (κ3) is 5.06. The number of carboxylic acids is 1. The van der Waals surface area contributed by atoms with Crippen LogP contribution in [0.4, 0.5) is 4.39 Å². The molecule has 1 unspecified atom stereocenters. The molecule has 30 heavy (non-hydrogen) atoms. The number of methoxy groups -OCH3 is 1. The minimum Gasteiger partial charge on any atom is -0.478 e. The molecule has 1 N–H and O–H groups in total. The molecule has 0 amide bonds. The summed E-state index contributed by atoms with van der Waals surface area (Å²) in [6.45, 7) is 6.63. The molecule has 2 aliphatic heterocycles. The Morgan fingerprint density at radius 1 is 1.43 bits per heavy atom. The summed E-state index contributed by atoms with van der Waals surface area (Å²) in [5.41, 5.74) is 1.84. The number of morpholine rings is 1. The van der Waals surface area contributed by atoms with Crippen molar-refractivity contribution < 1.29 is 23.8 Å². The Balaban J connectivity index is 2.05. The number of carboxylic acid groups (broad SMARTS) is 1. The van der Waals surface area contributed by atoms with Gasteiger partial charge in [0.2, 0.25) is 0 Å². The van der Waals surface area contributed by atoms with E-state index < -0.39 is 5.97 Å². The van der Waals surface area contributed by atoms with Crippen LogP contribution in [0.5, 0.6) is 0 Å². The zero-order valence-electron chi connectivity index (χ0n) is 17.6. The van der Waals surface area contributed by atoms with Crippen LogP contribution in [0.2, 0.25) is 0 Å². The van der Waals surface area contributed by atoms with Gasteiger partial charge in [0.15, 0.2) is 0 Å². The first-order valence-electron chi connectivity index (χ1n) is 10.1. The summed E-state index contributed by atoms with van der Waals surface area (Å²) in [5, 5.41) is 10.6. The third-order valence-corrected chi connectivity index (χ3v) is 6.30. The van der Waals surface area contributed by atoms with Crippen LogP contribution in [-0.2, 0) is 20.8 Å². The van der Waals surface area contributed by atoms with E-state index in [-0.39, 0.29) is 18.0 Å². The normalized spacial score (nSPS) is 22.9. The Morgan fingerprint density at radius 2 is 2.23 bits per heavy atom. The van der Waals surface area contributed by atoms with E-state index in [1.807, 2.05) is 26.0 Å².